The molecule has 3 atom stereocenters. The minimum absolute atomic E-state index is 0.0624. The van der Waals surface area contributed by atoms with Crippen molar-refractivity contribution in [3.8, 4) is 0 Å². The second kappa shape index (κ2) is 3.27. The van der Waals surface area contributed by atoms with Gasteiger partial charge >= 0.3 is 0 Å². The van der Waals surface area contributed by atoms with Crippen LogP contribution >= 0.6 is 0 Å². The van der Waals surface area contributed by atoms with Crippen molar-refractivity contribution in [3.63, 3.8) is 0 Å². The van der Waals surface area contributed by atoms with E-state index in [-0.39, 0.29) is 25.6 Å². The fraction of sp³-hybridized carbons (Fsp3) is 1.00. The Balaban J connectivity index is 2.33. The van der Waals surface area contributed by atoms with Gasteiger partial charge in [-0.2, -0.15) is 0 Å². The lowest BCUT2D eigenvalue weighted by Gasteiger charge is -2.28. The van der Waals surface area contributed by atoms with Gasteiger partial charge in [-0.1, -0.05) is 0 Å². The molecule has 0 aromatic carbocycles. The van der Waals surface area contributed by atoms with Crippen molar-refractivity contribution in [2.45, 2.75) is 24.7 Å². The average molecular weight is 149 g/mol. The summed E-state index contributed by atoms with van der Waals surface area (Å²) in [5.41, 5.74) is 0. The highest BCUT2D eigenvalue weighted by Gasteiger charge is 2.27. The van der Waals surface area contributed by atoms with Gasteiger partial charge in [0.05, 0.1) is 12.7 Å². The van der Waals surface area contributed by atoms with Crippen molar-refractivity contribution < 1.29 is 14.6 Å². The molecule has 3 nitrogen and oxygen atoms in total. The number of piperidine rings is 1. The Morgan fingerprint density at radius 3 is 2.80 bits per heavy atom. The summed E-state index contributed by atoms with van der Waals surface area (Å²) in [6.45, 7) is 0.180. The lowest BCUT2D eigenvalue weighted by molar-refractivity contribution is 0.0303. The molecule has 0 saturated carbocycles. The van der Waals surface area contributed by atoms with Crippen LogP contribution in [0.4, 0.5) is 4.39 Å². The minimum atomic E-state index is -1.18. The van der Waals surface area contributed by atoms with Crippen molar-refractivity contribution in [2.24, 2.45) is 0 Å². The van der Waals surface area contributed by atoms with Crippen molar-refractivity contribution in [1.29, 1.82) is 0 Å². The molecule has 0 radical (unpaired) electrons. The number of hydrogen-bond acceptors (Lipinski definition) is 3. The molecule has 4 heteroatoms. The maximum atomic E-state index is 12.6. The Morgan fingerprint density at radius 2 is 2.30 bits per heavy atom. The zero-order valence-corrected chi connectivity index (χ0v) is 5.63. The normalized spacial score (nSPS) is 41.7. The summed E-state index contributed by atoms with van der Waals surface area (Å²) in [6.07, 6.45) is -1.88. The van der Waals surface area contributed by atoms with Crippen LogP contribution in [0.25, 0.3) is 0 Å². The number of alkyl halides is 1. The molecule has 60 valence electrons. The molecule has 0 amide bonds. The highest BCUT2D eigenvalue weighted by atomic mass is 19.1. The molecule has 0 unspecified atom stereocenters. The van der Waals surface area contributed by atoms with Crippen LogP contribution in [0.1, 0.15) is 6.42 Å². The van der Waals surface area contributed by atoms with E-state index in [0.717, 1.165) is 0 Å². The smallest absolute Gasteiger partial charge is 0.129 e. The van der Waals surface area contributed by atoms with Crippen molar-refractivity contribution in [2.75, 3.05) is 13.2 Å². The second-order valence-corrected chi connectivity index (χ2v) is 2.61. The Hall–Kier alpha value is -0.190. The predicted molar refractivity (Wildman–Crippen MR) is 34.4 cm³/mol. The zero-order valence-electron chi connectivity index (χ0n) is 5.63. The molecule has 1 aliphatic heterocycles. The predicted octanol–water partition coefficient (Wildman–Crippen LogP) is -0.960. The van der Waals surface area contributed by atoms with E-state index < -0.39 is 12.3 Å². The van der Waals surface area contributed by atoms with E-state index >= 15 is 0 Å². The van der Waals surface area contributed by atoms with Gasteiger partial charge in [0.1, 0.15) is 6.17 Å². The molecule has 0 aromatic rings. The van der Waals surface area contributed by atoms with Crippen molar-refractivity contribution >= 4 is 0 Å². The molecule has 10 heavy (non-hydrogen) atoms. The van der Waals surface area contributed by atoms with E-state index in [1.54, 1.807) is 0 Å². The second-order valence-electron chi connectivity index (χ2n) is 2.61. The lowest BCUT2D eigenvalue weighted by Crippen LogP contribution is -2.49. The fourth-order valence-corrected chi connectivity index (χ4v) is 1.07. The first-order chi connectivity index (χ1) is 4.74. The summed E-state index contributed by atoms with van der Waals surface area (Å²) in [5, 5.41) is 20.3. The number of nitrogens with one attached hydrogen (secondary N) is 1. The molecular formula is C6H12FNO2. The minimum Gasteiger partial charge on any atom is -0.395 e. The van der Waals surface area contributed by atoms with E-state index in [1.807, 2.05) is 0 Å². The molecule has 1 aliphatic rings. The van der Waals surface area contributed by atoms with Gasteiger partial charge in [0, 0.05) is 12.6 Å². The summed E-state index contributed by atoms with van der Waals surface area (Å²) in [7, 11) is 0. The Kier molecular flexibility index (Phi) is 2.59. The van der Waals surface area contributed by atoms with Crippen LogP contribution in [0.3, 0.4) is 0 Å². The third-order valence-electron chi connectivity index (χ3n) is 1.76. The van der Waals surface area contributed by atoms with Gasteiger partial charge < -0.3 is 15.5 Å². The average Bonchev–Trinajstić information content (AvgIpc) is 1.95. The highest BCUT2D eigenvalue weighted by Crippen LogP contribution is 2.11. The van der Waals surface area contributed by atoms with E-state index in [1.165, 1.54) is 0 Å². The van der Waals surface area contributed by atoms with Crippen LogP contribution < -0.4 is 5.32 Å². The van der Waals surface area contributed by atoms with E-state index in [2.05, 4.69) is 5.32 Å². The molecule has 0 spiro atoms. The van der Waals surface area contributed by atoms with Gasteiger partial charge in [0.2, 0.25) is 0 Å². The number of rotatable bonds is 1. The molecule has 1 fully saturated rings. The van der Waals surface area contributed by atoms with Crippen LogP contribution in [-0.2, 0) is 0 Å². The van der Waals surface area contributed by atoms with Crippen molar-refractivity contribution in [3.05, 3.63) is 0 Å². The van der Waals surface area contributed by atoms with Crippen LogP contribution in [0.5, 0.6) is 0 Å². The molecule has 0 aromatic heterocycles. The van der Waals surface area contributed by atoms with Gasteiger partial charge in [-0.3, -0.25) is 0 Å². The number of halogens is 1. The first kappa shape index (κ1) is 7.91. The third-order valence-corrected chi connectivity index (χ3v) is 1.76. The Bertz CT molecular complexity index is 112. The van der Waals surface area contributed by atoms with Gasteiger partial charge in [0.25, 0.3) is 0 Å². The number of aliphatic hydroxyl groups is 2. The largest absolute Gasteiger partial charge is 0.395 e. The van der Waals surface area contributed by atoms with Gasteiger partial charge in [-0.05, 0) is 6.42 Å². The van der Waals surface area contributed by atoms with Gasteiger partial charge in [-0.25, -0.2) is 4.39 Å². The first-order valence-corrected chi connectivity index (χ1v) is 3.40. The fourth-order valence-electron chi connectivity index (χ4n) is 1.07. The molecule has 3 N–H and O–H groups in total. The maximum Gasteiger partial charge on any atom is 0.129 e. The van der Waals surface area contributed by atoms with Gasteiger partial charge in [0.15, 0.2) is 0 Å². The monoisotopic (exact) mass is 149 g/mol. The third kappa shape index (κ3) is 1.65. The van der Waals surface area contributed by atoms with Crippen LogP contribution in [0.2, 0.25) is 0 Å². The SMILES string of the molecule is OC[C@H]1C[C@@H](F)[C@H](O)CN1. The number of hydrogen-bond donors (Lipinski definition) is 3. The van der Waals surface area contributed by atoms with E-state index in [4.69, 9.17) is 10.2 Å². The first-order valence-electron chi connectivity index (χ1n) is 3.40. The Morgan fingerprint density at radius 1 is 1.60 bits per heavy atom. The van der Waals surface area contributed by atoms with Crippen LogP contribution in [0, 0.1) is 0 Å². The molecule has 1 saturated heterocycles. The van der Waals surface area contributed by atoms with E-state index in [0.29, 0.717) is 0 Å². The Labute approximate surface area is 58.9 Å². The van der Waals surface area contributed by atoms with E-state index in [9.17, 15) is 4.39 Å². The summed E-state index contributed by atoms with van der Waals surface area (Å²) >= 11 is 0. The lowest BCUT2D eigenvalue weighted by atomic mass is 10.0. The molecule has 1 heterocycles. The summed E-state index contributed by atoms with van der Waals surface area (Å²) < 4.78 is 12.6. The van der Waals surface area contributed by atoms with Crippen molar-refractivity contribution in [1.82, 2.24) is 5.32 Å². The summed E-state index contributed by atoms with van der Waals surface area (Å²) in [6, 6.07) is -0.182. The molecule has 1 rings (SSSR count). The van der Waals surface area contributed by atoms with Crippen LogP contribution in [0.15, 0.2) is 0 Å². The quantitative estimate of drug-likeness (QED) is 0.450. The molecule has 0 bridgehead atoms. The summed E-state index contributed by atoms with van der Waals surface area (Å²) in [4.78, 5) is 0. The number of β-amino-alcohol motifs (C(OH)–C–C–N with tert-alkyl or cyclic N) is 1. The van der Waals surface area contributed by atoms with Gasteiger partial charge in [-0.15, -0.1) is 0 Å². The summed E-state index contributed by atoms with van der Waals surface area (Å²) in [5.74, 6) is 0. The molecular weight excluding hydrogens is 137 g/mol. The topological polar surface area (TPSA) is 52.5 Å². The maximum absolute atomic E-state index is 12.6. The standard InChI is InChI=1S/C6H12FNO2/c7-5-1-4(3-9)8-2-6(5)10/h4-6,8-10H,1-3H2/t4-,5-,6-/m1/s1. The number of aliphatic hydroxyl groups excluding tert-OH is 2. The highest BCUT2D eigenvalue weighted by molar-refractivity contribution is 4.83. The van der Waals surface area contributed by atoms with Crippen LogP contribution in [-0.4, -0.2) is 41.7 Å². The zero-order chi connectivity index (χ0) is 7.56. The molecule has 0 aliphatic carbocycles.